The van der Waals surface area contributed by atoms with E-state index in [4.69, 9.17) is 10.5 Å². The van der Waals surface area contributed by atoms with Crippen LogP contribution in [0.1, 0.15) is 45.1 Å². The third-order valence-corrected chi connectivity index (χ3v) is 5.68. The molecule has 0 bridgehead atoms. The number of hydrogen-bond acceptors (Lipinski definition) is 8. The molecule has 0 amide bonds. The Hall–Kier alpha value is -1.47. The van der Waals surface area contributed by atoms with Crippen LogP contribution in [0.25, 0.3) is 0 Å². The number of nitrogens with two attached hydrogens (primary N) is 1. The molecule has 3 N–H and O–H groups in total. The van der Waals surface area contributed by atoms with E-state index in [9.17, 15) is 19.8 Å². The predicted octanol–water partition coefficient (Wildman–Crippen LogP) is -0.751. The topological polar surface area (TPSA) is 131 Å². The maximum Gasteiger partial charge on any atom is 2.00 e. The molecule has 1 saturated carbocycles. The number of rotatable bonds is 7. The minimum atomic E-state index is -1.88. The Kier molecular flexibility index (Phi) is 11.1. The zero-order valence-corrected chi connectivity index (χ0v) is 20.6. The van der Waals surface area contributed by atoms with E-state index in [0.717, 1.165) is 5.56 Å². The number of aliphatic carboxylic acids is 2. The standard InChI is InChI=1S/C13H15NO5.C9H20N2.Pt/c1-19-10-4-2-3-9(5-10)6-14-7-13(8-14,11(15)16)12(17)18;1-7(2)11-9-6-4-3-5-8(9)10;/h2-5H,6-8H2,1H3,(H,15,16)(H,17,18);7-9,11H,3-6,10H2,1-2H3;/q;;+2/p-2/t;8-,9-;/m.1./s1. The van der Waals surface area contributed by atoms with Crippen LogP contribution in [0.3, 0.4) is 0 Å². The number of nitrogens with zero attached hydrogens (tertiary/aromatic N) is 1. The van der Waals surface area contributed by atoms with Crippen molar-refractivity contribution in [1.82, 2.24) is 10.2 Å². The first-order valence-corrected chi connectivity index (χ1v) is 10.5. The second-order valence-corrected chi connectivity index (χ2v) is 8.53. The fraction of sp³-hybridized carbons (Fsp3) is 0.636. The molecule has 176 valence electrons. The van der Waals surface area contributed by atoms with Gasteiger partial charge in [0.25, 0.3) is 0 Å². The zero-order valence-electron chi connectivity index (χ0n) is 18.4. The minimum absolute atomic E-state index is 0. The molecule has 1 saturated heterocycles. The molecule has 3 rings (SSSR count). The van der Waals surface area contributed by atoms with Crippen LogP contribution in [0.5, 0.6) is 5.75 Å². The summed E-state index contributed by atoms with van der Waals surface area (Å²) in [7, 11) is 1.56. The molecule has 0 unspecified atom stereocenters. The minimum Gasteiger partial charge on any atom is -0.549 e. The van der Waals surface area contributed by atoms with Crippen LogP contribution in [0.2, 0.25) is 0 Å². The molecule has 0 aromatic heterocycles. The van der Waals surface area contributed by atoms with E-state index in [1.54, 1.807) is 18.1 Å². The first-order valence-electron chi connectivity index (χ1n) is 10.5. The fourth-order valence-electron chi connectivity index (χ4n) is 3.99. The van der Waals surface area contributed by atoms with Crippen molar-refractivity contribution in [3.63, 3.8) is 0 Å². The largest absolute Gasteiger partial charge is 2.00 e. The summed E-state index contributed by atoms with van der Waals surface area (Å²) < 4.78 is 5.08. The average Bonchev–Trinajstić information content (AvgIpc) is 2.66. The predicted molar refractivity (Wildman–Crippen MR) is 109 cm³/mol. The molecule has 8 nitrogen and oxygen atoms in total. The number of ether oxygens (including phenoxy) is 1. The molecule has 2 aliphatic rings. The van der Waals surface area contributed by atoms with Crippen molar-refractivity contribution < 1.29 is 45.6 Å². The number of benzene rings is 1. The Bertz CT molecular complexity index is 709. The van der Waals surface area contributed by atoms with Gasteiger partial charge in [-0.1, -0.05) is 38.8 Å². The van der Waals surface area contributed by atoms with Gasteiger partial charge in [0, 0.05) is 37.8 Å². The second-order valence-electron chi connectivity index (χ2n) is 8.53. The number of carboxylic acid groups (broad SMARTS) is 2. The van der Waals surface area contributed by atoms with E-state index >= 15 is 0 Å². The zero-order chi connectivity index (χ0) is 22.3. The Morgan fingerprint density at radius 1 is 1.23 bits per heavy atom. The van der Waals surface area contributed by atoms with Gasteiger partial charge >= 0.3 is 21.1 Å². The molecule has 2 atom stereocenters. The molecule has 1 aliphatic carbocycles. The molecule has 1 heterocycles. The molecular formula is C22H33N3O5Pt. The van der Waals surface area contributed by atoms with Crippen LogP contribution in [0.15, 0.2) is 24.3 Å². The van der Waals surface area contributed by atoms with Gasteiger partial charge in [-0.2, -0.15) is 0 Å². The van der Waals surface area contributed by atoms with Gasteiger partial charge in [-0.3, -0.25) is 4.90 Å². The Morgan fingerprint density at radius 2 is 1.84 bits per heavy atom. The maximum atomic E-state index is 10.9. The normalized spacial score (nSPS) is 22.4. The van der Waals surface area contributed by atoms with Gasteiger partial charge in [-0.05, 0) is 30.5 Å². The third-order valence-electron chi connectivity index (χ3n) is 5.68. The van der Waals surface area contributed by atoms with Gasteiger partial charge in [0.2, 0.25) is 0 Å². The fourth-order valence-corrected chi connectivity index (χ4v) is 3.99. The Balaban J connectivity index is 0.000000344. The summed E-state index contributed by atoms with van der Waals surface area (Å²) >= 11 is 0. The van der Waals surface area contributed by atoms with Crippen LogP contribution in [0, 0.1) is 5.41 Å². The molecule has 0 spiro atoms. The summed E-state index contributed by atoms with van der Waals surface area (Å²) in [6.45, 7) is 4.62. The van der Waals surface area contributed by atoms with Gasteiger partial charge in [0.05, 0.1) is 24.5 Å². The van der Waals surface area contributed by atoms with Crippen molar-refractivity contribution in [2.45, 2.75) is 64.2 Å². The van der Waals surface area contributed by atoms with Gasteiger partial charge in [0.15, 0.2) is 0 Å². The molecular weight excluding hydrogens is 581 g/mol. The van der Waals surface area contributed by atoms with E-state index in [-0.39, 0.29) is 34.2 Å². The molecule has 1 aromatic rings. The summed E-state index contributed by atoms with van der Waals surface area (Å²) in [6.07, 6.45) is 5.12. The van der Waals surface area contributed by atoms with Crippen molar-refractivity contribution in [1.29, 1.82) is 0 Å². The van der Waals surface area contributed by atoms with Gasteiger partial charge in [0.1, 0.15) is 5.75 Å². The smallest absolute Gasteiger partial charge is 0.549 e. The first kappa shape index (κ1) is 27.6. The molecule has 9 heteroatoms. The SMILES string of the molecule is CC(C)N[C@@H]1CCCC[C@H]1N.COc1cccc(CN2CC(C(=O)[O-])(C(=O)[O-])C2)c1.[Pt+2]. The van der Waals surface area contributed by atoms with Crippen LogP contribution >= 0.6 is 0 Å². The van der Waals surface area contributed by atoms with Gasteiger partial charge in [-0.15, -0.1) is 0 Å². The third kappa shape index (κ3) is 7.56. The number of carbonyl (C=O) groups excluding carboxylic acids is 2. The molecule has 2 fully saturated rings. The monoisotopic (exact) mass is 614 g/mol. The average molecular weight is 615 g/mol. The van der Waals surface area contributed by atoms with Crippen LogP contribution < -0.4 is 26.0 Å². The van der Waals surface area contributed by atoms with Crippen molar-refractivity contribution in [2.24, 2.45) is 11.1 Å². The molecule has 0 radical (unpaired) electrons. The summed E-state index contributed by atoms with van der Waals surface area (Å²) in [5.41, 5.74) is 5.01. The van der Waals surface area contributed by atoms with Crippen LogP contribution in [-0.2, 0) is 37.2 Å². The van der Waals surface area contributed by atoms with E-state index in [2.05, 4.69) is 19.2 Å². The van der Waals surface area contributed by atoms with E-state index < -0.39 is 17.4 Å². The summed E-state index contributed by atoms with van der Waals surface area (Å²) in [6, 6.07) is 8.84. The number of likely N-dealkylation sites (tertiary alicyclic amines) is 1. The molecule has 1 aliphatic heterocycles. The van der Waals surface area contributed by atoms with Crippen molar-refractivity contribution in [3.8, 4) is 5.75 Å². The number of carbonyl (C=O) groups is 2. The second kappa shape index (κ2) is 12.5. The summed E-state index contributed by atoms with van der Waals surface area (Å²) in [5.74, 6) is -2.48. The van der Waals surface area contributed by atoms with Gasteiger partial charge in [-0.25, -0.2) is 0 Å². The Labute approximate surface area is 198 Å². The van der Waals surface area contributed by atoms with Crippen molar-refractivity contribution >= 4 is 11.9 Å². The molecule has 31 heavy (non-hydrogen) atoms. The van der Waals surface area contributed by atoms with Crippen molar-refractivity contribution in [2.75, 3.05) is 20.2 Å². The summed E-state index contributed by atoms with van der Waals surface area (Å²) in [4.78, 5) is 23.4. The quantitative estimate of drug-likeness (QED) is 0.384. The van der Waals surface area contributed by atoms with Crippen LogP contribution in [-0.4, -0.2) is 55.2 Å². The van der Waals surface area contributed by atoms with Crippen LogP contribution in [0.4, 0.5) is 0 Å². The number of nitrogens with one attached hydrogen (secondary N) is 1. The number of hydrogen-bond donors (Lipinski definition) is 2. The number of carboxylic acids is 2. The number of methoxy groups -OCH3 is 1. The van der Waals surface area contributed by atoms with Gasteiger partial charge < -0.3 is 35.6 Å². The van der Waals surface area contributed by atoms with Crippen molar-refractivity contribution in [3.05, 3.63) is 29.8 Å². The first-order chi connectivity index (χ1) is 14.2. The van der Waals surface area contributed by atoms with E-state index in [1.165, 1.54) is 25.7 Å². The van der Waals surface area contributed by atoms with E-state index in [0.29, 0.717) is 30.4 Å². The van der Waals surface area contributed by atoms with E-state index in [1.807, 2.05) is 18.2 Å². The Morgan fingerprint density at radius 3 is 2.35 bits per heavy atom. The molecule has 1 aromatic carbocycles. The maximum absolute atomic E-state index is 10.9. The summed E-state index contributed by atoms with van der Waals surface area (Å²) in [5, 5.41) is 25.2.